The van der Waals surface area contributed by atoms with Crippen LogP contribution < -0.4 is 10.6 Å². The molecule has 3 N–H and O–H groups in total. The summed E-state index contributed by atoms with van der Waals surface area (Å²) in [4.78, 5) is 24.1. The number of hydrogen-bond donors (Lipinski definition) is 3. The van der Waals surface area contributed by atoms with Crippen molar-refractivity contribution in [2.75, 3.05) is 5.32 Å². The summed E-state index contributed by atoms with van der Waals surface area (Å²) in [7, 11) is 0. The highest BCUT2D eigenvalue weighted by Crippen LogP contribution is 2.50. The Balaban J connectivity index is 2.32. The lowest BCUT2D eigenvalue weighted by molar-refractivity contribution is -0.376. The first kappa shape index (κ1) is 23.5. The van der Waals surface area contributed by atoms with Gasteiger partial charge in [0.25, 0.3) is 11.5 Å². The minimum atomic E-state index is -6.08. The van der Waals surface area contributed by atoms with E-state index in [1.807, 2.05) is 10.6 Å². The number of carbonyl (C=O) groups excluding carboxylic acids is 2. The third-order valence-corrected chi connectivity index (χ3v) is 4.40. The Morgan fingerprint density at radius 2 is 1.53 bits per heavy atom. The Kier molecular flexibility index (Phi) is 6.38. The fraction of sp³-hybridized carbons (Fsp3) is 0.222. The average Bonchev–Trinajstić information content (AvgIpc) is 2.61. The number of amides is 3. The van der Waals surface area contributed by atoms with Crippen LogP contribution in [0, 0.1) is 6.92 Å². The predicted molar refractivity (Wildman–Crippen MR) is 95.1 cm³/mol. The third-order valence-electron chi connectivity index (χ3n) is 4.07. The molecule has 0 saturated heterocycles. The van der Waals surface area contributed by atoms with Gasteiger partial charge in [-0.25, -0.2) is 4.79 Å². The van der Waals surface area contributed by atoms with Gasteiger partial charge in [-0.2, -0.15) is 26.3 Å². The SMILES string of the molecule is Cc1ccc(C(O)(C(F)(F)F)C(F)(F)F)cc1NC(=O)NC(=O)c1ccccc1Cl. The van der Waals surface area contributed by atoms with Gasteiger partial charge in [0.15, 0.2) is 0 Å². The zero-order valence-electron chi connectivity index (χ0n) is 15.0. The highest BCUT2D eigenvalue weighted by Gasteiger charge is 2.71. The number of rotatable bonds is 3. The molecule has 0 aliphatic carbocycles. The minimum absolute atomic E-state index is 0.0152. The largest absolute Gasteiger partial charge is 0.430 e. The van der Waals surface area contributed by atoms with E-state index in [1.54, 1.807) is 0 Å². The Hall–Kier alpha value is -2.79. The molecule has 3 amide bonds. The topological polar surface area (TPSA) is 78.4 Å². The van der Waals surface area contributed by atoms with Gasteiger partial charge in [-0.15, -0.1) is 0 Å². The summed E-state index contributed by atoms with van der Waals surface area (Å²) in [5.41, 5.74) is -7.20. The molecule has 0 heterocycles. The van der Waals surface area contributed by atoms with Crippen molar-refractivity contribution in [1.82, 2.24) is 5.32 Å². The smallest absolute Gasteiger partial charge is 0.369 e. The Morgan fingerprint density at radius 1 is 0.967 bits per heavy atom. The van der Waals surface area contributed by atoms with Crippen molar-refractivity contribution in [2.24, 2.45) is 0 Å². The molecule has 0 unspecified atom stereocenters. The van der Waals surface area contributed by atoms with Gasteiger partial charge in [-0.1, -0.05) is 35.9 Å². The summed E-state index contributed by atoms with van der Waals surface area (Å²) >= 11 is 5.81. The molecule has 2 aromatic carbocycles. The monoisotopic (exact) mass is 454 g/mol. The maximum absolute atomic E-state index is 13.1. The summed E-state index contributed by atoms with van der Waals surface area (Å²) in [6.45, 7) is 1.29. The number of hydrogen-bond acceptors (Lipinski definition) is 3. The van der Waals surface area contributed by atoms with Crippen LogP contribution in [0.1, 0.15) is 21.5 Å². The van der Waals surface area contributed by atoms with Crippen molar-refractivity contribution in [1.29, 1.82) is 0 Å². The molecule has 0 bridgehead atoms. The summed E-state index contributed by atoms with van der Waals surface area (Å²) < 4.78 is 78.3. The molecule has 0 fully saturated rings. The van der Waals surface area contributed by atoms with Gasteiger partial charge in [0.2, 0.25) is 0 Å². The highest BCUT2D eigenvalue weighted by atomic mass is 35.5. The number of aliphatic hydroxyl groups is 1. The first-order valence-electron chi connectivity index (χ1n) is 8.02. The predicted octanol–water partition coefficient (Wildman–Crippen LogP) is 4.92. The lowest BCUT2D eigenvalue weighted by atomic mass is 9.91. The number of anilines is 1. The van der Waals surface area contributed by atoms with Gasteiger partial charge < -0.3 is 10.4 Å². The van der Waals surface area contributed by atoms with E-state index in [4.69, 9.17) is 11.6 Å². The van der Waals surface area contributed by atoms with Crippen molar-refractivity contribution in [2.45, 2.75) is 24.9 Å². The van der Waals surface area contributed by atoms with Crippen LogP contribution in [0.2, 0.25) is 5.02 Å². The molecule has 0 aromatic heterocycles. The van der Waals surface area contributed by atoms with Crippen LogP contribution in [-0.2, 0) is 5.60 Å². The first-order valence-corrected chi connectivity index (χ1v) is 8.40. The Morgan fingerprint density at radius 3 is 2.07 bits per heavy atom. The maximum Gasteiger partial charge on any atom is 0.430 e. The van der Waals surface area contributed by atoms with Crippen LogP contribution >= 0.6 is 11.6 Å². The summed E-state index contributed by atoms with van der Waals surface area (Å²) in [6, 6.07) is 6.04. The van der Waals surface area contributed by atoms with E-state index in [0.29, 0.717) is 12.1 Å². The van der Waals surface area contributed by atoms with Crippen molar-refractivity contribution < 1.29 is 41.0 Å². The number of nitrogens with one attached hydrogen (secondary N) is 2. The molecule has 0 spiro atoms. The van der Waals surface area contributed by atoms with Crippen LogP contribution in [0.5, 0.6) is 0 Å². The van der Waals surface area contributed by atoms with Gasteiger partial charge in [0.05, 0.1) is 10.6 Å². The Labute approximate surface area is 170 Å². The molecule has 0 radical (unpaired) electrons. The van der Waals surface area contributed by atoms with E-state index in [2.05, 4.69) is 0 Å². The van der Waals surface area contributed by atoms with Crippen LogP contribution in [-0.4, -0.2) is 29.4 Å². The lowest BCUT2D eigenvalue weighted by Gasteiger charge is -2.33. The average molecular weight is 455 g/mol. The molecule has 12 heteroatoms. The second kappa shape index (κ2) is 8.15. The van der Waals surface area contributed by atoms with Crippen LogP contribution in [0.4, 0.5) is 36.8 Å². The van der Waals surface area contributed by atoms with Crippen molar-refractivity contribution >= 4 is 29.2 Å². The standard InChI is InChI=1S/C18H13ClF6N2O3/c1-9-6-7-10(16(30,17(20,21)22)18(23,24)25)8-13(9)26-15(29)27-14(28)11-4-2-3-5-12(11)19/h2-8,30H,1H3,(H2,26,27,28,29). The van der Waals surface area contributed by atoms with Gasteiger partial charge in [0, 0.05) is 11.3 Å². The van der Waals surface area contributed by atoms with Gasteiger partial charge in [0.1, 0.15) is 0 Å². The summed E-state index contributed by atoms with van der Waals surface area (Å²) in [5, 5.41) is 13.3. The molecule has 0 aliphatic rings. The third kappa shape index (κ3) is 4.51. The zero-order chi connectivity index (χ0) is 22.9. The second-order valence-corrected chi connectivity index (χ2v) is 6.53. The fourth-order valence-electron chi connectivity index (χ4n) is 2.44. The lowest BCUT2D eigenvalue weighted by Crippen LogP contribution is -2.54. The molecule has 162 valence electrons. The number of imide groups is 1. The van der Waals surface area contributed by atoms with Gasteiger partial charge >= 0.3 is 18.4 Å². The molecule has 0 atom stereocenters. The fourth-order valence-corrected chi connectivity index (χ4v) is 2.66. The van der Waals surface area contributed by atoms with Crippen LogP contribution in [0.3, 0.4) is 0 Å². The summed E-state index contributed by atoms with van der Waals surface area (Å²) in [6.07, 6.45) is -12.2. The number of aryl methyl sites for hydroxylation is 1. The van der Waals surface area contributed by atoms with E-state index in [1.165, 1.54) is 31.2 Å². The first-order chi connectivity index (χ1) is 13.7. The number of urea groups is 1. The van der Waals surface area contributed by atoms with E-state index in [0.717, 1.165) is 6.07 Å². The van der Waals surface area contributed by atoms with Crippen LogP contribution in [0.15, 0.2) is 42.5 Å². The molecule has 2 aromatic rings. The number of carbonyl (C=O) groups is 2. The second-order valence-electron chi connectivity index (χ2n) is 6.12. The minimum Gasteiger partial charge on any atom is -0.369 e. The van der Waals surface area contributed by atoms with Crippen molar-refractivity contribution in [3.05, 3.63) is 64.2 Å². The zero-order valence-corrected chi connectivity index (χ0v) is 15.7. The summed E-state index contributed by atoms with van der Waals surface area (Å²) in [5.74, 6) is -0.950. The Bertz CT molecular complexity index is 961. The number of alkyl halides is 6. The highest BCUT2D eigenvalue weighted by molar-refractivity contribution is 6.34. The number of benzene rings is 2. The quantitative estimate of drug-likeness (QED) is 0.576. The molecule has 5 nitrogen and oxygen atoms in total. The van der Waals surface area contributed by atoms with E-state index < -0.39 is 41.1 Å². The van der Waals surface area contributed by atoms with Gasteiger partial charge in [-0.3, -0.25) is 10.1 Å². The van der Waals surface area contributed by atoms with E-state index >= 15 is 0 Å². The molecule has 30 heavy (non-hydrogen) atoms. The van der Waals surface area contributed by atoms with E-state index in [9.17, 15) is 41.0 Å². The number of halogens is 7. The molecular weight excluding hydrogens is 442 g/mol. The van der Waals surface area contributed by atoms with Gasteiger partial charge in [-0.05, 0) is 30.7 Å². The molecular formula is C18H13ClF6N2O3. The van der Waals surface area contributed by atoms with Crippen molar-refractivity contribution in [3.63, 3.8) is 0 Å². The molecule has 0 saturated carbocycles. The molecule has 2 rings (SSSR count). The molecule has 0 aliphatic heterocycles. The maximum atomic E-state index is 13.1. The van der Waals surface area contributed by atoms with E-state index in [-0.39, 0.29) is 16.1 Å². The van der Waals surface area contributed by atoms with Crippen molar-refractivity contribution in [3.8, 4) is 0 Å². The normalized spacial score (nSPS) is 12.4. The van der Waals surface area contributed by atoms with Crippen LogP contribution in [0.25, 0.3) is 0 Å².